The zero-order valence-corrected chi connectivity index (χ0v) is 10.7. The van der Waals surface area contributed by atoms with E-state index in [-0.39, 0.29) is 12.3 Å². The Kier molecular flexibility index (Phi) is 18.9. The van der Waals surface area contributed by atoms with Gasteiger partial charge in [0.25, 0.3) is 0 Å². The van der Waals surface area contributed by atoms with E-state index in [2.05, 4.69) is 38.0 Å². The van der Waals surface area contributed by atoms with Crippen molar-refractivity contribution >= 4 is 10.4 Å². The van der Waals surface area contributed by atoms with Gasteiger partial charge in [-0.3, -0.25) is 9.11 Å². The summed E-state index contributed by atoms with van der Waals surface area (Å²) < 4.78 is 31.6. The van der Waals surface area contributed by atoms with Gasteiger partial charge in [-0.2, -0.15) is 8.42 Å². The lowest BCUT2D eigenvalue weighted by atomic mass is 10.5. The molecule has 0 unspecified atom stereocenters. The van der Waals surface area contributed by atoms with E-state index in [4.69, 9.17) is 17.5 Å². The maximum absolute atomic E-state index is 8.74. The highest BCUT2D eigenvalue weighted by Crippen LogP contribution is 1.76. The van der Waals surface area contributed by atoms with Crippen LogP contribution in [0.2, 0.25) is 0 Å². The fraction of sp³-hybridized carbons (Fsp3) is 1.00. The Morgan fingerprint density at radius 3 is 1.07 bits per heavy atom. The highest BCUT2D eigenvalue weighted by atomic mass is 32.3. The van der Waals surface area contributed by atoms with Gasteiger partial charge in [0.1, 0.15) is 0 Å². The maximum Gasteiger partial charge on any atom is 0.394 e. The SMILES string of the molecule is CN(C)CCN(C)C.N.N.O=S(=O)(O)O. The quantitative estimate of drug-likeness (QED) is 0.500. The molecule has 0 bridgehead atoms. The zero-order valence-electron chi connectivity index (χ0n) is 9.84. The molecule has 0 rings (SSSR count). The van der Waals surface area contributed by atoms with Crippen molar-refractivity contribution in [3.05, 3.63) is 0 Å². The third-order valence-corrected chi connectivity index (χ3v) is 0.994. The van der Waals surface area contributed by atoms with Crippen LogP contribution in [0.3, 0.4) is 0 Å². The van der Waals surface area contributed by atoms with Gasteiger partial charge in [0.05, 0.1) is 0 Å². The van der Waals surface area contributed by atoms with Crippen molar-refractivity contribution in [3.8, 4) is 0 Å². The van der Waals surface area contributed by atoms with E-state index >= 15 is 0 Å². The van der Waals surface area contributed by atoms with Crippen LogP contribution in [0.5, 0.6) is 0 Å². The minimum absolute atomic E-state index is 0. The van der Waals surface area contributed by atoms with E-state index < -0.39 is 10.4 Å². The second kappa shape index (κ2) is 11.8. The lowest BCUT2D eigenvalue weighted by molar-refractivity contribution is 0.320. The molecule has 98 valence electrons. The molecule has 0 atom stereocenters. The van der Waals surface area contributed by atoms with Gasteiger partial charge in [-0.1, -0.05) is 0 Å². The van der Waals surface area contributed by atoms with Gasteiger partial charge in [0.2, 0.25) is 0 Å². The predicted molar refractivity (Wildman–Crippen MR) is 61.3 cm³/mol. The molecule has 0 saturated carbocycles. The van der Waals surface area contributed by atoms with E-state index in [0.717, 1.165) is 13.1 Å². The van der Waals surface area contributed by atoms with Crippen LogP contribution in [-0.2, 0) is 10.4 Å². The van der Waals surface area contributed by atoms with E-state index in [9.17, 15) is 0 Å². The van der Waals surface area contributed by atoms with Crippen LogP contribution in [0, 0.1) is 0 Å². The van der Waals surface area contributed by atoms with Crippen molar-refractivity contribution < 1.29 is 17.5 Å². The topological polar surface area (TPSA) is 151 Å². The fourth-order valence-electron chi connectivity index (χ4n) is 0.400. The summed E-state index contributed by atoms with van der Waals surface area (Å²) >= 11 is 0. The Hall–Kier alpha value is -0.290. The number of rotatable bonds is 3. The highest BCUT2D eigenvalue weighted by molar-refractivity contribution is 7.79. The third-order valence-electron chi connectivity index (χ3n) is 0.994. The van der Waals surface area contributed by atoms with Crippen LogP contribution in [0.1, 0.15) is 0 Å². The predicted octanol–water partition coefficient (Wildman–Crippen LogP) is -0.219. The fourth-order valence-corrected chi connectivity index (χ4v) is 0.400. The Balaban J connectivity index is -0.0000000770. The summed E-state index contributed by atoms with van der Waals surface area (Å²) in [6, 6.07) is 0. The summed E-state index contributed by atoms with van der Waals surface area (Å²) in [6.07, 6.45) is 0. The van der Waals surface area contributed by atoms with Gasteiger partial charge in [0.15, 0.2) is 0 Å². The molecule has 0 aromatic heterocycles. The highest BCUT2D eigenvalue weighted by Gasteiger charge is 1.89. The molecule has 0 aliphatic heterocycles. The monoisotopic (exact) mass is 248 g/mol. The van der Waals surface area contributed by atoms with Crippen LogP contribution in [-0.4, -0.2) is 68.6 Å². The minimum atomic E-state index is -4.67. The van der Waals surface area contributed by atoms with Gasteiger partial charge >= 0.3 is 10.4 Å². The molecule has 0 fully saturated rings. The molecule has 0 aromatic carbocycles. The molecule has 0 amide bonds. The molecule has 8 nitrogen and oxygen atoms in total. The molecular weight excluding hydrogens is 224 g/mol. The molecular formula is C6H24N4O4S. The Morgan fingerprint density at radius 2 is 1.00 bits per heavy atom. The average molecular weight is 248 g/mol. The van der Waals surface area contributed by atoms with Crippen molar-refractivity contribution in [2.45, 2.75) is 0 Å². The molecule has 8 N–H and O–H groups in total. The number of hydrogen-bond acceptors (Lipinski definition) is 6. The van der Waals surface area contributed by atoms with E-state index in [1.165, 1.54) is 0 Å². The summed E-state index contributed by atoms with van der Waals surface area (Å²) in [4.78, 5) is 4.36. The lowest BCUT2D eigenvalue weighted by Crippen LogP contribution is -2.25. The maximum atomic E-state index is 8.74. The molecule has 0 aliphatic carbocycles. The molecule has 0 aromatic rings. The average Bonchev–Trinajstić information content (AvgIpc) is 1.79. The minimum Gasteiger partial charge on any atom is -0.344 e. The van der Waals surface area contributed by atoms with E-state index in [0.29, 0.717) is 0 Å². The molecule has 0 spiro atoms. The number of likely N-dealkylation sites (N-methyl/N-ethyl adjacent to an activating group) is 2. The summed E-state index contributed by atoms with van der Waals surface area (Å²) in [5, 5.41) is 0. The van der Waals surface area contributed by atoms with Gasteiger partial charge < -0.3 is 22.1 Å². The van der Waals surface area contributed by atoms with E-state index in [1.54, 1.807) is 0 Å². The summed E-state index contributed by atoms with van der Waals surface area (Å²) in [6.45, 7) is 2.29. The Labute approximate surface area is 92.0 Å². The van der Waals surface area contributed by atoms with E-state index in [1.807, 2.05) is 0 Å². The Bertz CT molecular complexity index is 189. The standard InChI is InChI=1S/C6H16N2.2H3N.H2O4S/c1-7(2)5-6-8(3)4;;;1-5(2,3)4/h5-6H2,1-4H3;2*1H3;(H2,1,2,3,4). The van der Waals surface area contributed by atoms with Gasteiger partial charge in [-0.25, -0.2) is 0 Å². The van der Waals surface area contributed by atoms with Gasteiger partial charge in [0, 0.05) is 13.1 Å². The first-order valence-corrected chi connectivity index (χ1v) is 5.02. The second-order valence-electron chi connectivity index (χ2n) is 3.05. The molecule has 0 aliphatic rings. The summed E-state index contributed by atoms with van der Waals surface area (Å²) in [5.74, 6) is 0. The largest absolute Gasteiger partial charge is 0.394 e. The number of hydrogen-bond donors (Lipinski definition) is 4. The Morgan fingerprint density at radius 1 is 0.867 bits per heavy atom. The first-order valence-electron chi connectivity index (χ1n) is 3.62. The lowest BCUT2D eigenvalue weighted by Gasteiger charge is -2.13. The number of nitrogens with zero attached hydrogens (tertiary/aromatic N) is 2. The second-order valence-corrected chi connectivity index (χ2v) is 3.95. The third kappa shape index (κ3) is 84.7. The van der Waals surface area contributed by atoms with Crippen LogP contribution >= 0.6 is 0 Å². The summed E-state index contributed by atoms with van der Waals surface area (Å²) in [7, 11) is 3.68. The smallest absolute Gasteiger partial charge is 0.344 e. The van der Waals surface area contributed by atoms with Crippen LogP contribution in [0.15, 0.2) is 0 Å². The zero-order chi connectivity index (χ0) is 11.1. The first kappa shape index (κ1) is 24.1. The molecule has 9 heteroatoms. The normalized spacial score (nSPS) is 9.87. The van der Waals surface area contributed by atoms with Crippen molar-refractivity contribution in [2.75, 3.05) is 41.3 Å². The molecule has 15 heavy (non-hydrogen) atoms. The van der Waals surface area contributed by atoms with Gasteiger partial charge in [-0.15, -0.1) is 0 Å². The van der Waals surface area contributed by atoms with Crippen molar-refractivity contribution in [1.29, 1.82) is 0 Å². The van der Waals surface area contributed by atoms with Crippen LogP contribution in [0.4, 0.5) is 0 Å². The summed E-state index contributed by atoms with van der Waals surface area (Å²) in [5.41, 5.74) is 0. The molecule has 0 radical (unpaired) electrons. The van der Waals surface area contributed by atoms with Crippen LogP contribution < -0.4 is 12.3 Å². The first-order chi connectivity index (χ1) is 5.63. The van der Waals surface area contributed by atoms with Crippen LogP contribution in [0.25, 0.3) is 0 Å². The van der Waals surface area contributed by atoms with Crippen molar-refractivity contribution in [3.63, 3.8) is 0 Å². The van der Waals surface area contributed by atoms with Gasteiger partial charge in [-0.05, 0) is 28.2 Å². The van der Waals surface area contributed by atoms with Crippen molar-refractivity contribution in [1.82, 2.24) is 22.1 Å². The molecule has 0 heterocycles. The molecule has 0 saturated heterocycles. The van der Waals surface area contributed by atoms with Crippen molar-refractivity contribution in [2.24, 2.45) is 0 Å².